The molecule has 10 heteroatoms. The zero-order chi connectivity index (χ0) is 28.8. The van der Waals surface area contributed by atoms with Crippen LogP contribution in [0.3, 0.4) is 0 Å². The Morgan fingerprint density at radius 1 is 0.780 bits per heavy atom. The molecular weight excluding hydrogens is 567 g/mol. The first-order valence-corrected chi connectivity index (χ1v) is 14.0. The Morgan fingerprint density at radius 2 is 1.39 bits per heavy atom. The summed E-state index contributed by atoms with van der Waals surface area (Å²) < 4.78 is 5.38. The van der Waals surface area contributed by atoms with Gasteiger partial charge in [0.05, 0.1) is 27.4 Å². The van der Waals surface area contributed by atoms with Gasteiger partial charge in [-0.25, -0.2) is 9.80 Å². The van der Waals surface area contributed by atoms with Gasteiger partial charge in [-0.3, -0.25) is 19.2 Å². The number of ketones is 1. The highest BCUT2D eigenvalue weighted by atomic mass is 35.5. The standard InChI is InChI=1S/C31H24Cl2N2O6/c32-23-13-10-21(15-24(23)33)28(37)34(35-29(38)26-19-6-7-20(14-19)27(26)30(35)39)16-25(36)17-8-11-22(12-9-17)41-31(40)18-4-2-1-3-5-18/h1-5,8-13,15,19-20,26-27H,6-7,14,16H2/t19-,20-,26-,27+/m0/s1. The molecule has 2 bridgehead atoms. The first kappa shape index (κ1) is 27.2. The number of hydrogen-bond acceptors (Lipinski definition) is 6. The lowest BCUT2D eigenvalue weighted by molar-refractivity contribution is -0.155. The van der Waals surface area contributed by atoms with Gasteiger partial charge in [-0.1, -0.05) is 41.4 Å². The summed E-state index contributed by atoms with van der Waals surface area (Å²) in [5, 5.41) is 2.16. The number of rotatable bonds is 7. The number of imide groups is 1. The maximum atomic E-state index is 13.7. The number of amides is 3. The summed E-state index contributed by atoms with van der Waals surface area (Å²) in [7, 11) is 0. The van der Waals surface area contributed by atoms with Gasteiger partial charge in [-0.2, -0.15) is 5.01 Å². The Hall–Kier alpha value is -4.01. The van der Waals surface area contributed by atoms with E-state index in [0.717, 1.165) is 29.3 Å². The van der Waals surface area contributed by atoms with Crippen molar-refractivity contribution in [1.82, 2.24) is 10.0 Å². The lowest BCUT2D eigenvalue weighted by atomic mass is 9.81. The van der Waals surface area contributed by atoms with Crippen LogP contribution in [-0.4, -0.2) is 46.0 Å². The van der Waals surface area contributed by atoms with Crippen LogP contribution in [0, 0.1) is 23.7 Å². The fraction of sp³-hybridized carbons (Fsp3) is 0.258. The molecule has 3 fully saturated rings. The minimum Gasteiger partial charge on any atom is -0.423 e. The maximum absolute atomic E-state index is 13.7. The average molecular weight is 591 g/mol. The quantitative estimate of drug-likeness (QED) is 0.156. The molecule has 3 amide bonds. The lowest BCUT2D eigenvalue weighted by Gasteiger charge is -2.31. The van der Waals surface area contributed by atoms with Gasteiger partial charge in [-0.15, -0.1) is 0 Å². The van der Waals surface area contributed by atoms with Crippen molar-refractivity contribution in [2.75, 3.05) is 6.54 Å². The van der Waals surface area contributed by atoms with Crippen LogP contribution >= 0.6 is 23.2 Å². The van der Waals surface area contributed by atoms with Gasteiger partial charge in [0.25, 0.3) is 17.7 Å². The second-order valence-corrected chi connectivity index (χ2v) is 11.4. The number of ether oxygens (including phenoxy) is 1. The number of hydrogen-bond donors (Lipinski definition) is 0. The third-order valence-corrected chi connectivity index (χ3v) is 8.98. The van der Waals surface area contributed by atoms with Crippen LogP contribution in [0.25, 0.3) is 0 Å². The van der Waals surface area contributed by atoms with Crippen molar-refractivity contribution in [2.45, 2.75) is 19.3 Å². The second-order valence-electron chi connectivity index (χ2n) is 10.6. The van der Waals surface area contributed by atoms with Crippen LogP contribution in [0.1, 0.15) is 50.3 Å². The molecule has 6 rings (SSSR count). The van der Waals surface area contributed by atoms with E-state index in [1.165, 1.54) is 42.5 Å². The number of halogens is 2. The zero-order valence-corrected chi connectivity index (χ0v) is 23.2. The normalized spacial score (nSPS) is 22.5. The maximum Gasteiger partial charge on any atom is 0.343 e. The molecule has 3 aliphatic rings. The lowest BCUT2D eigenvalue weighted by Crippen LogP contribution is -2.52. The van der Waals surface area contributed by atoms with Crippen molar-refractivity contribution in [1.29, 1.82) is 0 Å². The van der Waals surface area contributed by atoms with E-state index in [-0.39, 0.29) is 38.8 Å². The van der Waals surface area contributed by atoms with Crippen LogP contribution < -0.4 is 4.74 Å². The molecule has 0 radical (unpaired) electrons. The van der Waals surface area contributed by atoms with Crippen LogP contribution in [0.2, 0.25) is 10.0 Å². The molecule has 8 nitrogen and oxygen atoms in total. The predicted molar refractivity (Wildman–Crippen MR) is 149 cm³/mol. The number of hydrazine groups is 1. The van der Waals surface area contributed by atoms with Crippen molar-refractivity contribution in [3.8, 4) is 5.75 Å². The third-order valence-electron chi connectivity index (χ3n) is 8.24. The van der Waals surface area contributed by atoms with Crippen molar-refractivity contribution in [2.24, 2.45) is 23.7 Å². The molecule has 4 atom stereocenters. The van der Waals surface area contributed by atoms with E-state index in [1.54, 1.807) is 30.3 Å². The van der Waals surface area contributed by atoms with Crippen molar-refractivity contribution in [3.63, 3.8) is 0 Å². The van der Waals surface area contributed by atoms with Gasteiger partial charge in [-0.05, 0) is 85.7 Å². The van der Waals surface area contributed by atoms with Gasteiger partial charge in [0, 0.05) is 11.1 Å². The van der Waals surface area contributed by atoms with Crippen LogP contribution in [0.5, 0.6) is 5.75 Å². The Labute approximate surface area is 245 Å². The van der Waals surface area contributed by atoms with Gasteiger partial charge < -0.3 is 4.74 Å². The topological polar surface area (TPSA) is 101 Å². The van der Waals surface area contributed by atoms with E-state index in [1.807, 2.05) is 0 Å². The first-order chi connectivity index (χ1) is 19.7. The number of esters is 1. The van der Waals surface area contributed by atoms with Gasteiger partial charge in [0.2, 0.25) is 0 Å². The smallest absolute Gasteiger partial charge is 0.343 e. The molecular formula is C31H24Cl2N2O6. The summed E-state index contributed by atoms with van der Waals surface area (Å²) in [6, 6.07) is 18.5. The molecule has 41 heavy (non-hydrogen) atoms. The molecule has 0 aromatic heterocycles. The van der Waals surface area contributed by atoms with Crippen molar-refractivity contribution >= 4 is 52.7 Å². The van der Waals surface area contributed by atoms with Crippen LogP contribution in [0.15, 0.2) is 72.8 Å². The Balaban J connectivity index is 1.25. The average Bonchev–Trinajstić information content (AvgIpc) is 3.67. The van der Waals surface area contributed by atoms with E-state index in [0.29, 0.717) is 5.56 Å². The number of carbonyl (C=O) groups excluding carboxylic acids is 5. The molecule has 208 valence electrons. The highest BCUT2D eigenvalue weighted by Crippen LogP contribution is 2.56. The van der Waals surface area contributed by atoms with Gasteiger partial charge >= 0.3 is 5.97 Å². The number of fused-ring (bicyclic) bond motifs is 5. The van der Waals surface area contributed by atoms with E-state index < -0.39 is 47.9 Å². The fourth-order valence-electron chi connectivity index (χ4n) is 6.32. The zero-order valence-electron chi connectivity index (χ0n) is 21.7. The highest BCUT2D eigenvalue weighted by molar-refractivity contribution is 6.42. The number of nitrogens with zero attached hydrogens (tertiary/aromatic N) is 2. The Kier molecular flexibility index (Phi) is 7.13. The van der Waals surface area contributed by atoms with Gasteiger partial charge in [0.1, 0.15) is 12.3 Å². The molecule has 0 N–H and O–H groups in total. The summed E-state index contributed by atoms with van der Waals surface area (Å²) in [4.78, 5) is 66.7. The molecule has 1 saturated heterocycles. The number of carbonyl (C=O) groups is 5. The summed E-state index contributed by atoms with van der Waals surface area (Å²) >= 11 is 12.2. The third kappa shape index (κ3) is 4.91. The molecule has 2 aliphatic carbocycles. The minimum absolute atomic E-state index is 0.0796. The second kappa shape index (κ2) is 10.8. The molecule has 1 heterocycles. The number of benzene rings is 3. The van der Waals surface area contributed by atoms with Crippen molar-refractivity contribution in [3.05, 3.63) is 99.5 Å². The van der Waals surface area contributed by atoms with E-state index in [9.17, 15) is 24.0 Å². The van der Waals surface area contributed by atoms with Crippen molar-refractivity contribution < 1.29 is 28.7 Å². The van der Waals surface area contributed by atoms with E-state index >= 15 is 0 Å². The molecule has 1 aliphatic heterocycles. The number of Topliss-reactive ketones (excluding diaryl/α,β-unsaturated/α-hetero) is 1. The van der Waals surface area contributed by atoms with Crippen LogP contribution in [0.4, 0.5) is 0 Å². The van der Waals surface area contributed by atoms with Crippen LogP contribution in [-0.2, 0) is 9.59 Å². The SMILES string of the molecule is O=C(CN(C(=O)c1ccc(Cl)c(Cl)c1)N1C(=O)[C@@H]2[C@H]3CC[C@@H](C3)[C@@H]2C1=O)c1ccc(OC(=O)c2ccccc2)cc1. The van der Waals surface area contributed by atoms with Gasteiger partial charge in [0.15, 0.2) is 5.78 Å². The monoisotopic (exact) mass is 590 g/mol. The Morgan fingerprint density at radius 3 is 2.00 bits per heavy atom. The summed E-state index contributed by atoms with van der Waals surface area (Å²) in [6.07, 6.45) is 2.58. The highest BCUT2D eigenvalue weighted by Gasteiger charge is 2.62. The molecule has 0 unspecified atom stereocenters. The molecule has 3 aromatic carbocycles. The van der Waals surface area contributed by atoms with E-state index in [4.69, 9.17) is 27.9 Å². The predicted octanol–water partition coefficient (Wildman–Crippen LogP) is 5.48. The molecule has 2 saturated carbocycles. The minimum atomic E-state index is -0.723. The Bertz CT molecular complexity index is 1550. The summed E-state index contributed by atoms with van der Waals surface area (Å²) in [5.74, 6) is -3.18. The first-order valence-electron chi connectivity index (χ1n) is 13.3. The summed E-state index contributed by atoms with van der Waals surface area (Å²) in [5.41, 5.74) is 0.661. The largest absolute Gasteiger partial charge is 0.423 e. The summed E-state index contributed by atoms with van der Waals surface area (Å²) in [6.45, 7) is -0.561. The van der Waals surface area contributed by atoms with E-state index in [2.05, 4.69) is 0 Å². The molecule has 3 aromatic rings. The molecule has 0 spiro atoms. The fourth-order valence-corrected chi connectivity index (χ4v) is 6.62.